The number of carbonyl (C=O) groups is 1. The molecule has 4 heteroatoms. The minimum absolute atomic E-state index is 0.296. The molecule has 0 bridgehead atoms. The Balaban J connectivity index is 2.52. The fourth-order valence-electron chi connectivity index (χ4n) is 1.40. The number of hydrogen-bond donors (Lipinski definition) is 0. The zero-order chi connectivity index (χ0) is 10.6. The summed E-state index contributed by atoms with van der Waals surface area (Å²) < 4.78 is 4.89. The molecule has 4 nitrogen and oxygen atoms in total. The van der Waals surface area contributed by atoms with Gasteiger partial charge in [0, 0.05) is 13.0 Å². The van der Waals surface area contributed by atoms with Crippen LogP contribution in [0.3, 0.4) is 0 Å². The number of cyclic esters (lactones) is 1. The maximum Gasteiger partial charge on any atom is 0.410 e. The van der Waals surface area contributed by atoms with Crippen molar-refractivity contribution in [3.8, 4) is 6.07 Å². The van der Waals surface area contributed by atoms with Crippen molar-refractivity contribution in [1.29, 1.82) is 5.26 Å². The summed E-state index contributed by atoms with van der Waals surface area (Å²) in [6.07, 6.45) is 1.19. The van der Waals surface area contributed by atoms with Crippen LogP contribution in [0.25, 0.3) is 0 Å². The van der Waals surface area contributed by atoms with Crippen LogP contribution in [0.15, 0.2) is 0 Å². The quantitative estimate of drug-likeness (QED) is 0.691. The van der Waals surface area contributed by atoms with Crippen molar-refractivity contribution in [2.75, 3.05) is 13.2 Å². The van der Waals surface area contributed by atoms with Gasteiger partial charge in [0.05, 0.1) is 12.7 Å². The lowest BCUT2D eigenvalue weighted by Crippen LogP contribution is -2.45. The Morgan fingerprint density at radius 2 is 2.43 bits per heavy atom. The fraction of sp³-hybridized carbons (Fsp3) is 0.800. The van der Waals surface area contributed by atoms with Crippen molar-refractivity contribution in [2.24, 2.45) is 5.92 Å². The van der Waals surface area contributed by atoms with E-state index in [1.165, 1.54) is 4.90 Å². The molecule has 1 aliphatic heterocycles. The number of rotatable bonds is 3. The molecule has 1 fully saturated rings. The number of nitriles is 1. The van der Waals surface area contributed by atoms with Gasteiger partial charge < -0.3 is 4.74 Å². The van der Waals surface area contributed by atoms with Gasteiger partial charge in [0.15, 0.2) is 0 Å². The van der Waals surface area contributed by atoms with Gasteiger partial charge in [-0.3, -0.25) is 4.90 Å². The van der Waals surface area contributed by atoms with Crippen LogP contribution in [0.5, 0.6) is 0 Å². The molecule has 1 saturated heterocycles. The molecule has 1 aliphatic rings. The summed E-state index contributed by atoms with van der Waals surface area (Å²) in [5.41, 5.74) is 0. The molecule has 1 heterocycles. The molecule has 1 rings (SSSR count). The molecule has 0 spiro atoms. The summed E-state index contributed by atoms with van der Waals surface area (Å²) in [5, 5.41) is 8.85. The summed E-state index contributed by atoms with van der Waals surface area (Å²) in [7, 11) is 0. The van der Waals surface area contributed by atoms with Crippen molar-refractivity contribution in [1.82, 2.24) is 4.90 Å². The first-order valence-electron chi connectivity index (χ1n) is 4.98. The van der Waals surface area contributed by atoms with Crippen LogP contribution < -0.4 is 0 Å². The summed E-state index contributed by atoms with van der Waals surface area (Å²) in [6.45, 7) is 5.18. The van der Waals surface area contributed by atoms with Crippen LogP contribution in [0.4, 0.5) is 4.79 Å². The highest BCUT2D eigenvalue weighted by atomic mass is 16.6. The first-order chi connectivity index (χ1) is 6.65. The van der Waals surface area contributed by atoms with E-state index in [2.05, 4.69) is 19.9 Å². The van der Waals surface area contributed by atoms with Crippen LogP contribution >= 0.6 is 0 Å². The molecule has 1 unspecified atom stereocenters. The second kappa shape index (κ2) is 4.85. The fourth-order valence-corrected chi connectivity index (χ4v) is 1.40. The van der Waals surface area contributed by atoms with E-state index >= 15 is 0 Å². The standard InChI is InChI=1S/C10H16N2O2/c1-8(2)3-5-12-9(7-11)4-6-14-10(12)13/h8-9H,3-6H2,1-2H3. The largest absolute Gasteiger partial charge is 0.449 e. The summed E-state index contributed by atoms with van der Waals surface area (Å²) >= 11 is 0. The lowest BCUT2D eigenvalue weighted by Gasteiger charge is -2.31. The zero-order valence-corrected chi connectivity index (χ0v) is 8.69. The van der Waals surface area contributed by atoms with Gasteiger partial charge >= 0.3 is 6.09 Å². The summed E-state index contributed by atoms with van der Waals surface area (Å²) in [4.78, 5) is 12.9. The van der Waals surface area contributed by atoms with Gasteiger partial charge in [-0.05, 0) is 12.3 Å². The van der Waals surface area contributed by atoms with Crippen molar-refractivity contribution in [3.63, 3.8) is 0 Å². The first kappa shape index (κ1) is 10.8. The lowest BCUT2D eigenvalue weighted by molar-refractivity contribution is 0.0561. The molecule has 0 saturated carbocycles. The average molecular weight is 196 g/mol. The molecule has 1 atom stereocenters. The van der Waals surface area contributed by atoms with E-state index in [9.17, 15) is 4.79 Å². The van der Waals surface area contributed by atoms with Gasteiger partial charge in [-0.25, -0.2) is 4.79 Å². The second-order valence-electron chi connectivity index (χ2n) is 3.92. The third kappa shape index (κ3) is 2.63. The molecular formula is C10H16N2O2. The molecular weight excluding hydrogens is 180 g/mol. The Bertz CT molecular complexity index is 245. The van der Waals surface area contributed by atoms with Gasteiger partial charge in [-0.15, -0.1) is 0 Å². The van der Waals surface area contributed by atoms with Crippen LogP contribution in [0, 0.1) is 17.2 Å². The van der Waals surface area contributed by atoms with Crippen LogP contribution in [-0.4, -0.2) is 30.2 Å². The van der Waals surface area contributed by atoms with Crippen LogP contribution in [0.2, 0.25) is 0 Å². The smallest absolute Gasteiger partial charge is 0.410 e. The molecule has 78 valence electrons. The summed E-state index contributed by atoms with van der Waals surface area (Å²) in [5.74, 6) is 0.532. The monoisotopic (exact) mass is 196 g/mol. The number of hydrogen-bond acceptors (Lipinski definition) is 3. The Morgan fingerprint density at radius 1 is 1.71 bits per heavy atom. The second-order valence-corrected chi connectivity index (χ2v) is 3.92. The predicted molar refractivity (Wildman–Crippen MR) is 51.5 cm³/mol. The third-order valence-corrected chi connectivity index (χ3v) is 2.32. The van der Waals surface area contributed by atoms with E-state index in [4.69, 9.17) is 10.00 Å². The highest BCUT2D eigenvalue weighted by Gasteiger charge is 2.28. The Labute approximate surface area is 84.4 Å². The number of amides is 1. The molecule has 0 aliphatic carbocycles. The minimum atomic E-state index is -0.344. The molecule has 0 radical (unpaired) electrons. The number of ether oxygens (including phenoxy) is 1. The van der Waals surface area contributed by atoms with Gasteiger partial charge in [-0.1, -0.05) is 13.8 Å². The van der Waals surface area contributed by atoms with Crippen LogP contribution in [0.1, 0.15) is 26.7 Å². The zero-order valence-electron chi connectivity index (χ0n) is 8.69. The molecule has 0 N–H and O–H groups in total. The third-order valence-electron chi connectivity index (χ3n) is 2.32. The maximum absolute atomic E-state index is 11.3. The minimum Gasteiger partial charge on any atom is -0.449 e. The van der Waals surface area contributed by atoms with E-state index < -0.39 is 0 Å². The van der Waals surface area contributed by atoms with E-state index in [1.54, 1.807) is 0 Å². The molecule has 0 aromatic carbocycles. The molecule has 0 aromatic rings. The Kier molecular flexibility index (Phi) is 3.75. The Hall–Kier alpha value is -1.24. The van der Waals surface area contributed by atoms with Gasteiger partial charge in [-0.2, -0.15) is 5.26 Å². The van der Waals surface area contributed by atoms with Crippen molar-refractivity contribution in [3.05, 3.63) is 0 Å². The van der Waals surface area contributed by atoms with Crippen molar-refractivity contribution in [2.45, 2.75) is 32.7 Å². The molecule has 0 aromatic heterocycles. The molecule has 1 amide bonds. The first-order valence-corrected chi connectivity index (χ1v) is 4.98. The lowest BCUT2D eigenvalue weighted by atomic mass is 10.1. The van der Waals surface area contributed by atoms with E-state index in [-0.39, 0.29) is 12.1 Å². The highest BCUT2D eigenvalue weighted by molar-refractivity contribution is 5.69. The highest BCUT2D eigenvalue weighted by Crippen LogP contribution is 2.14. The topological polar surface area (TPSA) is 53.3 Å². The van der Waals surface area contributed by atoms with Crippen molar-refractivity contribution >= 4 is 6.09 Å². The van der Waals surface area contributed by atoms with Gasteiger partial charge in [0.25, 0.3) is 0 Å². The summed E-state index contributed by atoms with van der Waals surface area (Å²) in [6, 6.07) is 1.84. The Morgan fingerprint density at radius 3 is 3.00 bits per heavy atom. The average Bonchev–Trinajstić information content (AvgIpc) is 2.15. The number of nitrogens with zero attached hydrogens (tertiary/aromatic N) is 2. The maximum atomic E-state index is 11.3. The SMILES string of the molecule is CC(C)CCN1C(=O)OCCC1C#N. The van der Waals surface area contributed by atoms with E-state index in [1.807, 2.05) is 0 Å². The van der Waals surface area contributed by atoms with Crippen LogP contribution in [-0.2, 0) is 4.74 Å². The van der Waals surface area contributed by atoms with E-state index in [0.717, 1.165) is 6.42 Å². The van der Waals surface area contributed by atoms with E-state index in [0.29, 0.717) is 25.5 Å². The number of carbonyl (C=O) groups excluding carboxylic acids is 1. The normalized spacial score (nSPS) is 22.0. The van der Waals surface area contributed by atoms with Gasteiger partial charge in [0.1, 0.15) is 6.04 Å². The van der Waals surface area contributed by atoms with Crippen molar-refractivity contribution < 1.29 is 9.53 Å². The van der Waals surface area contributed by atoms with Gasteiger partial charge in [0.2, 0.25) is 0 Å². The molecule has 14 heavy (non-hydrogen) atoms. The predicted octanol–water partition coefficient (Wildman–Crippen LogP) is 1.77.